The first-order valence-electron chi connectivity index (χ1n) is 25.1. The Hall–Kier alpha value is -9.97. The number of furan rings is 1. The van der Waals surface area contributed by atoms with Crippen LogP contribution in [-0.4, -0.2) is 19.5 Å². The smallest absolute Gasteiger partial charge is 0.164 e. The Morgan fingerprint density at radius 3 is 1.64 bits per heavy atom. The first kappa shape index (κ1) is 41.8. The van der Waals surface area contributed by atoms with Crippen LogP contribution in [0.4, 0.5) is 0 Å². The van der Waals surface area contributed by atoms with Crippen molar-refractivity contribution < 1.29 is 4.42 Å². The summed E-state index contributed by atoms with van der Waals surface area (Å²) < 4.78 is 9.48. The van der Waals surface area contributed by atoms with Gasteiger partial charge in [-0.15, -0.1) is 0 Å². The fourth-order valence-electron chi connectivity index (χ4n) is 11.3. The summed E-state index contributed by atoms with van der Waals surface area (Å²) in [6.07, 6.45) is 0. The molecule has 0 amide bonds. The Morgan fingerprint density at radius 2 is 0.865 bits per heavy atom. The third kappa shape index (κ3) is 6.82. The highest BCUT2D eigenvalue weighted by molar-refractivity contribution is 6.17. The zero-order valence-corrected chi connectivity index (χ0v) is 39.9. The number of rotatable bonds is 7. The monoisotopic (exact) mass is 942 g/mol. The second kappa shape index (κ2) is 16.8. The van der Waals surface area contributed by atoms with Gasteiger partial charge in [0.15, 0.2) is 17.5 Å². The summed E-state index contributed by atoms with van der Waals surface area (Å²) in [5, 5.41) is 11.4. The van der Waals surface area contributed by atoms with E-state index < -0.39 is 0 Å². The number of hydrogen-bond donors (Lipinski definition) is 0. The predicted molar refractivity (Wildman–Crippen MR) is 307 cm³/mol. The predicted octanol–water partition coefficient (Wildman–Crippen LogP) is 18.3. The van der Waals surface area contributed by atoms with Gasteiger partial charge in [0.1, 0.15) is 11.2 Å². The number of nitrogens with zero attached hydrogens (tertiary/aromatic N) is 4. The molecule has 0 aliphatic carbocycles. The molecule has 344 valence electrons. The topological polar surface area (TPSA) is 56.7 Å². The molecule has 0 saturated carbocycles. The van der Waals surface area contributed by atoms with E-state index in [1.165, 1.54) is 37.9 Å². The van der Waals surface area contributed by atoms with Crippen molar-refractivity contribution in [2.45, 2.75) is 0 Å². The Kier molecular flexibility index (Phi) is 9.50. The second-order valence-corrected chi connectivity index (χ2v) is 19.1. The number of fused-ring (bicyclic) bond motifs is 10. The molecule has 0 N–H and O–H groups in total. The van der Waals surface area contributed by atoms with E-state index in [1.807, 2.05) is 24.3 Å². The maximum atomic E-state index is 7.04. The number of para-hydroxylation sites is 1. The Balaban J connectivity index is 1.01. The fraction of sp³-hybridized carbons (Fsp3) is 0. The number of aromatic nitrogens is 4. The lowest BCUT2D eigenvalue weighted by Gasteiger charge is -2.17. The van der Waals surface area contributed by atoms with E-state index in [9.17, 15) is 0 Å². The fourth-order valence-corrected chi connectivity index (χ4v) is 11.3. The molecule has 74 heavy (non-hydrogen) atoms. The van der Waals surface area contributed by atoms with Crippen LogP contribution >= 0.6 is 0 Å². The maximum Gasteiger partial charge on any atom is 0.164 e. The van der Waals surface area contributed by atoms with Gasteiger partial charge in [-0.25, -0.2) is 15.0 Å². The summed E-state index contributed by atoms with van der Waals surface area (Å²) in [5.41, 5.74) is 14.2. The largest absolute Gasteiger partial charge is 0.456 e. The second-order valence-electron chi connectivity index (χ2n) is 19.1. The van der Waals surface area contributed by atoms with Crippen LogP contribution in [0.25, 0.3) is 149 Å². The van der Waals surface area contributed by atoms with Crippen molar-refractivity contribution in [1.82, 2.24) is 19.5 Å². The average molecular weight is 943 g/mol. The minimum atomic E-state index is 0.568. The molecule has 0 bridgehead atoms. The summed E-state index contributed by atoms with van der Waals surface area (Å²) >= 11 is 0. The Bertz CT molecular complexity index is 4710. The third-order valence-electron chi connectivity index (χ3n) is 14.8. The van der Waals surface area contributed by atoms with Gasteiger partial charge in [-0.05, 0) is 103 Å². The molecule has 0 fully saturated rings. The standard InChI is InChI=1S/C69H42N4O/c1-4-17-43(18-5-1)53-36-35-50(38-56(53)44-19-6-2-7-20-44)58-41-60-65(42-63(58)73-61-29-15-14-27-54(61)59-37-48-24-10-11-25-49(48)40-62(59)73)74-64-30-16-28-55(66(60)64)69-71-67(47-22-8-3-9-23-47)70-68(72-69)51-34-33-46-32-31-45-21-12-13-26-52(45)57(46)39-51/h1-42H. The number of hydrogen-bond acceptors (Lipinski definition) is 4. The maximum absolute atomic E-state index is 7.04. The van der Waals surface area contributed by atoms with E-state index in [0.717, 1.165) is 93.9 Å². The van der Waals surface area contributed by atoms with Crippen molar-refractivity contribution in [3.05, 3.63) is 255 Å². The van der Waals surface area contributed by atoms with Crippen molar-refractivity contribution in [3.63, 3.8) is 0 Å². The molecule has 12 aromatic carbocycles. The molecule has 3 aromatic heterocycles. The van der Waals surface area contributed by atoms with Gasteiger partial charge < -0.3 is 8.98 Å². The van der Waals surface area contributed by atoms with Gasteiger partial charge in [-0.1, -0.05) is 206 Å². The SMILES string of the molecule is c1ccc(-c2nc(-c3ccc4ccc5ccccc5c4c3)nc(-c3cccc4oc5cc(-n6c7ccccc7c7cc8ccccc8cc76)c(-c6ccc(-c7ccccc7)c(-c7ccccc7)c6)cc5c34)n2)cc1. The van der Waals surface area contributed by atoms with Crippen molar-refractivity contribution in [3.8, 4) is 73.2 Å². The highest BCUT2D eigenvalue weighted by atomic mass is 16.3. The first-order valence-corrected chi connectivity index (χ1v) is 25.1. The summed E-state index contributed by atoms with van der Waals surface area (Å²) in [5.74, 6) is 1.77. The molecule has 5 nitrogen and oxygen atoms in total. The minimum Gasteiger partial charge on any atom is -0.456 e. The molecule has 15 aromatic rings. The van der Waals surface area contributed by atoms with E-state index >= 15 is 0 Å². The molecule has 0 saturated heterocycles. The molecular weight excluding hydrogens is 901 g/mol. The van der Waals surface area contributed by atoms with Gasteiger partial charge in [0.25, 0.3) is 0 Å². The van der Waals surface area contributed by atoms with Crippen molar-refractivity contribution in [1.29, 1.82) is 0 Å². The first-order chi connectivity index (χ1) is 36.7. The normalized spacial score (nSPS) is 11.8. The summed E-state index contributed by atoms with van der Waals surface area (Å²) in [4.78, 5) is 15.9. The summed E-state index contributed by atoms with van der Waals surface area (Å²) in [6, 6.07) is 90.8. The van der Waals surface area contributed by atoms with Crippen LogP contribution in [0.15, 0.2) is 259 Å². The highest BCUT2D eigenvalue weighted by Gasteiger charge is 2.24. The van der Waals surface area contributed by atoms with Crippen molar-refractivity contribution in [2.24, 2.45) is 0 Å². The minimum absolute atomic E-state index is 0.568. The van der Waals surface area contributed by atoms with Crippen LogP contribution in [0.5, 0.6) is 0 Å². The van der Waals surface area contributed by atoms with Gasteiger partial charge in [0.2, 0.25) is 0 Å². The molecule has 0 spiro atoms. The molecule has 0 aliphatic rings. The zero-order chi connectivity index (χ0) is 48.7. The van der Waals surface area contributed by atoms with Gasteiger partial charge >= 0.3 is 0 Å². The molecule has 5 heteroatoms. The molecule has 0 aliphatic heterocycles. The van der Waals surface area contributed by atoms with E-state index in [1.54, 1.807) is 0 Å². The molecule has 0 unspecified atom stereocenters. The van der Waals surface area contributed by atoms with Crippen LogP contribution in [0.1, 0.15) is 0 Å². The van der Waals surface area contributed by atoms with E-state index in [0.29, 0.717) is 17.5 Å². The lowest BCUT2D eigenvalue weighted by Crippen LogP contribution is -2.00. The zero-order valence-electron chi connectivity index (χ0n) is 39.9. The quantitative estimate of drug-likeness (QED) is 0.149. The van der Waals surface area contributed by atoms with Crippen molar-refractivity contribution >= 4 is 76.1 Å². The molecule has 0 radical (unpaired) electrons. The summed E-state index contributed by atoms with van der Waals surface area (Å²) in [7, 11) is 0. The number of benzene rings is 12. The lowest BCUT2D eigenvalue weighted by atomic mass is 9.90. The van der Waals surface area contributed by atoms with Gasteiger partial charge in [0.05, 0.1) is 16.7 Å². The van der Waals surface area contributed by atoms with Crippen LogP contribution in [-0.2, 0) is 0 Å². The average Bonchev–Trinajstić information content (AvgIpc) is 4.01. The highest BCUT2D eigenvalue weighted by Crippen LogP contribution is 2.45. The Morgan fingerprint density at radius 1 is 0.270 bits per heavy atom. The Labute approximate surface area is 425 Å². The molecule has 15 rings (SSSR count). The lowest BCUT2D eigenvalue weighted by molar-refractivity contribution is 0.668. The van der Waals surface area contributed by atoms with Crippen LogP contribution < -0.4 is 0 Å². The van der Waals surface area contributed by atoms with E-state index in [4.69, 9.17) is 19.4 Å². The van der Waals surface area contributed by atoms with Gasteiger partial charge in [-0.2, -0.15) is 0 Å². The van der Waals surface area contributed by atoms with E-state index in [-0.39, 0.29) is 0 Å². The van der Waals surface area contributed by atoms with Gasteiger partial charge in [-0.3, -0.25) is 0 Å². The van der Waals surface area contributed by atoms with Crippen molar-refractivity contribution in [2.75, 3.05) is 0 Å². The molecule has 0 atom stereocenters. The van der Waals surface area contributed by atoms with E-state index in [2.05, 4.69) is 235 Å². The van der Waals surface area contributed by atoms with Crippen LogP contribution in [0.3, 0.4) is 0 Å². The van der Waals surface area contributed by atoms with Gasteiger partial charge in [0, 0.05) is 49.9 Å². The van der Waals surface area contributed by atoms with Crippen LogP contribution in [0, 0.1) is 0 Å². The molecule has 3 heterocycles. The third-order valence-corrected chi connectivity index (χ3v) is 14.8. The summed E-state index contributed by atoms with van der Waals surface area (Å²) in [6.45, 7) is 0. The molecular formula is C69H42N4O. The van der Waals surface area contributed by atoms with Crippen LogP contribution in [0.2, 0.25) is 0 Å².